The molecule has 1 atom stereocenters. The van der Waals surface area contributed by atoms with Crippen LogP contribution in [-0.2, 0) is 6.42 Å². The molecule has 0 aliphatic heterocycles. The number of likely N-dealkylation sites (N-methyl/N-ethyl adjacent to an activating group) is 1. The second-order valence-corrected chi connectivity index (χ2v) is 5.37. The minimum absolute atomic E-state index is 0.0532. The minimum atomic E-state index is -0.176. The van der Waals surface area contributed by atoms with Crippen LogP contribution in [0.1, 0.15) is 22.9 Å². The average Bonchev–Trinajstić information content (AvgIpc) is 2.41. The van der Waals surface area contributed by atoms with Crippen LogP contribution in [0.5, 0.6) is 0 Å². The van der Waals surface area contributed by atoms with Gasteiger partial charge >= 0.3 is 0 Å². The van der Waals surface area contributed by atoms with Gasteiger partial charge in [-0.25, -0.2) is 4.39 Å². The van der Waals surface area contributed by atoms with Gasteiger partial charge in [-0.3, -0.25) is 4.98 Å². The molecule has 2 nitrogen and oxygen atoms in total. The van der Waals surface area contributed by atoms with Crippen LogP contribution < -0.4 is 5.32 Å². The highest BCUT2D eigenvalue weighted by Crippen LogP contribution is 2.23. The molecule has 100 valence electrons. The first-order valence-electron chi connectivity index (χ1n) is 6.14. The van der Waals surface area contributed by atoms with Gasteiger partial charge in [0, 0.05) is 22.4 Å². The molecule has 0 bridgehead atoms. The SMILES string of the molecule is CNC(Cc1cc(Br)ccc1F)c1cccnc1C. The zero-order chi connectivity index (χ0) is 13.8. The van der Waals surface area contributed by atoms with Crippen molar-refractivity contribution >= 4 is 15.9 Å². The number of nitrogens with one attached hydrogen (secondary N) is 1. The molecule has 1 unspecified atom stereocenters. The average molecular weight is 323 g/mol. The molecule has 1 heterocycles. The van der Waals surface area contributed by atoms with Gasteiger partial charge in [0.05, 0.1) is 0 Å². The normalized spacial score (nSPS) is 12.4. The topological polar surface area (TPSA) is 24.9 Å². The van der Waals surface area contributed by atoms with E-state index in [1.807, 2.05) is 32.2 Å². The monoisotopic (exact) mass is 322 g/mol. The maximum absolute atomic E-state index is 13.8. The predicted octanol–water partition coefficient (Wildman–Crippen LogP) is 3.79. The molecule has 0 amide bonds. The van der Waals surface area contributed by atoms with Crippen molar-refractivity contribution in [3.05, 3.63) is 63.6 Å². The second kappa shape index (κ2) is 6.26. The molecular weight excluding hydrogens is 307 g/mol. The summed E-state index contributed by atoms with van der Waals surface area (Å²) in [7, 11) is 1.88. The Balaban J connectivity index is 2.29. The molecule has 0 spiro atoms. The van der Waals surface area contributed by atoms with Gasteiger partial charge in [-0.1, -0.05) is 22.0 Å². The Labute approximate surface area is 121 Å². The summed E-state index contributed by atoms with van der Waals surface area (Å²) in [4.78, 5) is 4.29. The first-order chi connectivity index (χ1) is 9.11. The van der Waals surface area contributed by atoms with E-state index >= 15 is 0 Å². The number of hydrogen-bond donors (Lipinski definition) is 1. The number of aryl methyl sites for hydroxylation is 1. The van der Waals surface area contributed by atoms with Gasteiger partial charge in [0.2, 0.25) is 0 Å². The number of nitrogens with zero attached hydrogens (tertiary/aromatic N) is 1. The Morgan fingerprint density at radius 3 is 2.84 bits per heavy atom. The minimum Gasteiger partial charge on any atom is -0.313 e. The Hall–Kier alpha value is -1.26. The van der Waals surface area contributed by atoms with Crippen molar-refractivity contribution in [1.29, 1.82) is 0 Å². The third-order valence-electron chi connectivity index (χ3n) is 3.20. The maximum atomic E-state index is 13.8. The van der Waals surface area contributed by atoms with Crippen molar-refractivity contribution in [3.63, 3.8) is 0 Å². The maximum Gasteiger partial charge on any atom is 0.126 e. The van der Waals surface area contributed by atoms with Crippen LogP contribution in [-0.4, -0.2) is 12.0 Å². The third kappa shape index (κ3) is 3.39. The molecule has 0 radical (unpaired) electrons. The lowest BCUT2D eigenvalue weighted by atomic mass is 9.98. The van der Waals surface area contributed by atoms with Crippen LogP contribution in [0.2, 0.25) is 0 Å². The summed E-state index contributed by atoms with van der Waals surface area (Å²) >= 11 is 3.38. The van der Waals surface area contributed by atoms with Crippen LogP contribution in [0.4, 0.5) is 4.39 Å². The Morgan fingerprint density at radius 1 is 1.37 bits per heavy atom. The number of aromatic nitrogens is 1. The number of halogens is 2. The molecule has 0 aliphatic rings. The van der Waals surface area contributed by atoms with Crippen LogP contribution in [0.25, 0.3) is 0 Å². The molecule has 1 aromatic carbocycles. The van der Waals surface area contributed by atoms with Gasteiger partial charge in [-0.05, 0) is 55.8 Å². The first-order valence-corrected chi connectivity index (χ1v) is 6.94. The predicted molar refractivity (Wildman–Crippen MR) is 78.6 cm³/mol. The molecule has 0 saturated carbocycles. The molecule has 2 aromatic rings. The highest BCUT2D eigenvalue weighted by atomic mass is 79.9. The van der Waals surface area contributed by atoms with Gasteiger partial charge in [0.1, 0.15) is 5.82 Å². The van der Waals surface area contributed by atoms with Crippen molar-refractivity contribution in [3.8, 4) is 0 Å². The van der Waals surface area contributed by atoms with Crippen molar-refractivity contribution in [2.75, 3.05) is 7.05 Å². The van der Waals surface area contributed by atoms with E-state index < -0.39 is 0 Å². The van der Waals surface area contributed by atoms with E-state index in [1.165, 1.54) is 6.07 Å². The Kier molecular flexibility index (Phi) is 4.66. The molecule has 1 aromatic heterocycles. The summed E-state index contributed by atoms with van der Waals surface area (Å²) in [5, 5.41) is 3.23. The molecule has 2 rings (SSSR count). The zero-order valence-corrected chi connectivity index (χ0v) is 12.5. The molecule has 1 N–H and O–H groups in total. The standard InChI is InChI=1S/C15H16BrFN2/c1-10-13(4-3-7-19-10)15(18-2)9-11-8-12(16)5-6-14(11)17/h3-8,15,18H,9H2,1-2H3. The largest absolute Gasteiger partial charge is 0.313 e. The smallest absolute Gasteiger partial charge is 0.126 e. The van der Waals surface area contributed by atoms with Crippen LogP contribution in [0.3, 0.4) is 0 Å². The fourth-order valence-electron chi connectivity index (χ4n) is 2.15. The fraction of sp³-hybridized carbons (Fsp3) is 0.267. The van der Waals surface area contributed by atoms with E-state index in [-0.39, 0.29) is 11.9 Å². The Bertz CT molecular complexity index is 572. The molecular formula is C15H16BrFN2. The second-order valence-electron chi connectivity index (χ2n) is 4.46. The first kappa shape index (κ1) is 14.2. The van der Waals surface area contributed by atoms with Crippen molar-refractivity contribution in [2.24, 2.45) is 0 Å². The van der Waals surface area contributed by atoms with Gasteiger partial charge in [0.15, 0.2) is 0 Å². The van der Waals surface area contributed by atoms with E-state index in [0.717, 1.165) is 15.7 Å². The van der Waals surface area contributed by atoms with E-state index in [0.29, 0.717) is 12.0 Å². The van der Waals surface area contributed by atoms with E-state index in [9.17, 15) is 4.39 Å². The lowest BCUT2D eigenvalue weighted by Crippen LogP contribution is -2.20. The summed E-state index contributed by atoms with van der Waals surface area (Å²) < 4.78 is 14.7. The summed E-state index contributed by atoms with van der Waals surface area (Å²) in [5.41, 5.74) is 2.76. The number of rotatable bonds is 4. The molecule has 0 saturated heterocycles. The summed E-state index contributed by atoms with van der Waals surface area (Å²) in [6, 6.07) is 9.01. The lowest BCUT2D eigenvalue weighted by molar-refractivity contribution is 0.551. The van der Waals surface area contributed by atoms with Gasteiger partial charge in [-0.15, -0.1) is 0 Å². The van der Waals surface area contributed by atoms with Crippen molar-refractivity contribution < 1.29 is 4.39 Å². The van der Waals surface area contributed by atoms with Gasteiger partial charge in [0.25, 0.3) is 0 Å². The molecule has 4 heteroatoms. The van der Waals surface area contributed by atoms with Gasteiger partial charge < -0.3 is 5.32 Å². The highest BCUT2D eigenvalue weighted by molar-refractivity contribution is 9.10. The summed E-state index contributed by atoms with van der Waals surface area (Å²) in [6.07, 6.45) is 2.36. The van der Waals surface area contributed by atoms with Crippen LogP contribution >= 0.6 is 15.9 Å². The third-order valence-corrected chi connectivity index (χ3v) is 3.70. The number of pyridine rings is 1. The van der Waals surface area contributed by atoms with E-state index in [4.69, 9.17) is 0 Å². The number of benzene rings is 1. The lowest BCUT2D eigenvalue weighted by Gasteiger charge is -2.18. The molecule has 19 heavy (non-hydrogen) atoms. The van der Waals surface area contributed by atoms with Crippen molar-refractivity contribution in [2.45, 2.75) is 19.4 Å². The Morgan fingerprint density at radius 2 is 2.16 bits per heavy atom. The zero-order valence-electron chi connectivity index (χ0n) is 11.0. The number of hydrogen-bond acceptors (Lipinski definition) is 2. The van der Waals surface area contributed by atoms with Gasteiger partial charge in [-0.2, -0.15) is 0 Å². The van der Waals surface area contributed by atoms with Crippen molar-refractivity contribution in [1.82, 2.24) is 10.3 Å². The fourth-order valence-corrected chi connectivity index (χ4v) is 2.56. The van der Waals surface area contributed by atoms with E-state index in [1.54, 1.807) is 12.3 Å². The highest BCUT2D eigenvalue weighted by Gasteiger charge is 2.15. The molecule has 0 aliphatic carbocycles. The van der Waals surface area contributed by atoms with Crippen LogP contribution in [0, 0.1) is 12.7 Å². The molecule has 0 fully saturated rings. The summed E-state index contributed by atoms with van der Waals surface area (Å²) in [6.45, 7) is 1.97. The van der Waals surface area contributed by atoms with E-state index in [2.05, 4.69) is 26.2 Å². The summed E-state index contributed by atoms with van der Waals surface area (Å²) in [5.74, 6) is -0.176. The van der Waals surface area contributed by atoms with Crippen LogP contribution in [0.15, 0.2) is 41.0 Å². The quantitative estimate of drug-likeness (QED) is 0.926.